The highest BCUT2D eigenvalue weighted by Crippen LogP contribution is 2.04. The van der Waals surface area contributed by atoms with Crippen molar-refractivity contribution in [3.63, 3.8) is 0 Å². The van der Waals surface area contributed by atoms with Crippen LogP contribution in [-0.4, -0.2) is 46.8 Å². The first-order valence-electron chi connectivity index (χ1n) is 6.67. The summed E-state index contributed by atoms with van der Waals surface area (Å²) in [6.07, 6.45) is 4.78. The number of amides is 1. The number of pyridine rings is 1. The smallest absolute Gasteiger partial charge is 0.226 e. The number of hydrogen-bond donors (Lipinski definition) is 2. The van der Waals surface area contributed by atoms with Crippen molar-refractivity contribution >= 4 is 11.6 Å². The number of hydrogen-bond acceptors (Lipinski definition) is 4. The van der Waals surface area contributed by atoms with Gasteiger partial charge in [-0.1, -0.05) is 6.07 Å². The van der Waals surface area contributed by atoms with Crippen LogP contribution < -0.4 is 5.32 Å². The van der Waals surface area contributed by atoms with Gasteiger partial charge in [0.15, 0.2) is 0 Å². The minimum Gasteiger partial charge on any atom is -0.394 e. The Kier molecular flexibility index (Phi) is 5.52. The number of imidazole rings is 1. The van der Waals surface area contributed by atoms with Crippen molar-refractivity contribution < 1.29 is 14.6 Å². The van der Waals surface area contributed by atoms with Crippen molar-refractivity contribution in [1.29, 1.82) is 0 Å². The molecule has 0 unspecified atom stereocenters. The van der Waals surface area contributed by atoms with Gasteiger partial charge in [-0.05, 0) is 18.6 Å². The van der Waals surface area contributed by atoms with Gasteiger partial charge in [-0.15, -0.1) is 0 Å². The highest BCUT2D eigenvalue weighted by Gasteiger charge is 2.06. The Morgan fingerprint density at radius 1 is 1.40 bits per heavy atom. The second kappa shape index (κ2) is 7.62. The number of rotatable bonds is 8. The fourth-order valence-electron chi connectivity index (χ4n) is 1.87. The molecule has 2 rings (SSSR count). The molecule has 2 heterocycles. The number of fused-ring (bicyclic) bond motifs is 1. The predicted molar refractivity (Wildman–Crippen MR) is 74.4 cm³/mol. The third-order valence-corrected chi connectivity index (χ3v) is 2.78. The summed E-state index contributed by atoms with van der Waals surface area (Å²) < 4.78 is 7.00. The molecule has 0 aromatic carbocycles. The Hall–Kier alpha value is -1.92. The van der Waals surface area contributed by atoms with Crippen LogP contribution in [0.25, 0.3) is 5.65 Å². The summed E-state index contributed by atoms with van der Waals surface area (Å²) in [6, 6.07) is 5.74. The lowest BCUT2D eigenvalue weighted by molar-refractivity contribution is -0.120. The number of ether oxygens (including phenoxy) is 1. The Morgan fingerprint density at radius 2 is 2.30 bits per heavy atom. The van der Waals surface area contributed by atoms with Crippen LogP contribution in [0, 0.1) is 0 Å². The van der Waals surface area contributed by atoms with Crippen LogP contribution in [0.5, 0.6) is 0 Å². The number of carbonyl (C=O) groups is 1. The van der Waals surface area contributed by atoms with Gasteiger partial charge in [-0.25, -0.2) is 4.98 Å². The molecule has 0 saturated carbocycles. The molecular weight excluding hydrogens is 258 g/mol. The van der Waals surface area contributed by atoms with Crippen LogP contribution in [-0.2, 0) is 16.0 Å². The molecule has 0 aliphatic rings. The Labute approximate surface area is 117 Å². The van der Waals surface area contributed by atoms with Crippen LogP contribution in [0.15, 0.2) is 30.6 Å². The number of aliphatic hydroxyl groups is 1. The number of aromatic nitrogens is 2. The summed E-state index contributed by atoms with van der Waals surface area (Å²) in [5.74, 6) is -0.0458. The maximum atomic E-state index is 11.7. The van der Waals surface area contributed by atoms with Gasteiger partial charge in [0.25, 0.3) is 0 Å². The molecule has 2 N–H and O–H groups in total. The zero-order valence-corrected chi connectivity index (χ0v) is 11.3. The van der Waals surface area contributed by atoms with Crippen molar-refractivity contribution in [3.05, 3.63) is 36.3 Å². The van der Waals surface area contributed by atoms with Crippen LogP contribution in [0.1, 0.15) is 12.1 Å². The normalized spacial score (nSPS) is 10.8. The van der Waals surface area contributed by atoms with Crippen molar-refractivity contribution in [2.45, 2.75) is 12.8 Å². The van der Waals surface area contributed by atoms with Crippen LogP contribution >= 0.6 is 0 Å². The van der Waals surface area contributed by atoms with Crippen molar-refractivity contribution in [2.24, 2.45) is 0 Å². The average Bonchev–Trinajstić information content (AvgIpc) is 2.84. The van der Waals surface area contributed by atoms with Gasteiger partial charge in [-0.2, -0.15) is 0 Å². The average molecular weight is 277 g/mol. The zero-order valence-electron chi connectivity index (χ0n) is 11.3. The fraction of sp³-hybridized carbons (Fsp3) is 0.429. The fourth-order valence-corrected chi connectivity index (χ4v) is 1.87. The molecule has 0 spiro atoms. The van der Waals surface area contributed by atoms with E-state index in [9.17, 15) is 4.79 Å². The van der Waals surface area contributed by atoms with E-state index < -0.39 is 0 Å². The molecule has 6 nitrogen and oxygen atoms in total. The summed E-state index contributed by atoms with van der Waals surface area (Å²) in [4.78, 5) is 16.1. The lowest BCUT2D eigenvalue weighted by atomic mass is 10.3. The lowest BCUT2D eigenvalue weighted by Crippen LogP contribution is -2.27. The summed E-state index contributed by atoms with van der Waals surface area (Å²) in [5, 5.41) is 11.4. The van der Waals surface area contributed by atoms with Gasteiger partial charge in [0, 0.05) is 25.5 Å². The Balaban J connectivity index is 1.71. The van der Waals surface area contributed by atoms with Crippen molar-refractivity contribution in [3.8, 4) is 0 Å². The second-order valence-corrected chi connectivity index (χ2v) is 4.41. The van der Waals surface area contributed by atoms with Crippen LogP contribution in [0.4, 0.5) is 0 Å². The maximum Gasteiger partial charge on any atom is 0.226 e. The quantitative estimate of drug-likeness (QED) is 0.685. The van der Waals surface area contributed by atoms with E-state index in [1.807, 2.05) is 35.0 Å². The first kappa shape index (κ1) is 14.5. The molecule has 0 atom stereocenters. The third-order valence-electron chi connectivity index (χ3n) is 2.78. The molecule has 108 valence electrons. The van der Waals surface area contributed by atoms with E-state index in [1.54, 1.807) is 0 Å². The van der Waals surface area contributed by atoms with Gasteiger partial charge in [0.05, 0.1) is 25.3 Å². The molecule has 0 aliphatic heterocycles. The Bertz CT molecular complexity index is 520. The zero-order chi connectivity index (χ0) is 14.2. The number of nitrogens with zero attached hydrogens (tertiary/aromatic N) is 2. The topological polar surface area (TPSA) is 75.9 Å². The SMILES string of the molecule is O=C(Cc1cn2ccccc2n1)NCCCOCCO. The standard InChI is InChI=1S/C14H19N3O3/c18-7-9-20-8-3-5-15-14(19)10-12-11-17-6-2-1-4-13(17)16-12/h1-2,4,6,11,18H,3,5,7-10H2,(H,15,19). The van der Waals surface area contributed by atoms with Gasteiger partial charge in [-0.3, -0.25) is 4.79 Å². The molecule has 2 aromatic heterocycles. The molecule has 0 aliphatic carbocycles. The third kappa shape index (κ3) is 4.32. The highest BCUT2D eigenvalue weighted by atomic mass is 16.5. The minimum absolute atomic E-state index is 0.0280. The first-order valence-corrected chi connectivity index (χ1v) is 6.67. The van der Waals surface area contributed by atoms with E-state index in [-0.39, 0.29) is 18.9 Å². The maximum absolute atomic E-state index is 11.7. The molecule has 0 saturated heterocycles. The van der Waals surface area contributed by atoms with E-state index in [4.69, 9.17) is 9.84 Å². The molecule has 1 amide bonds. The van der Waals surface area contributed by atoms with Crippen LogP contribution in [0.3, 0.4) is 0 Å². The summed E-state index contributed by atoms with van der Waals surface area (Å²) in [7, 11) is 0. The molecule has 20 heavy (non-hydrogen) atoms. The summed E-state index contributed by atoms with van der Waals surface area (Å²) >= 11 is 0. The van der Waals surface area contributed by atoms with Gasteiger partial charge >= 0.3 is 0 Å². The predicted octanol–water partition coefficient (Wildman–Crippen LogP) is 0.392. The van der Waals surface area contributed by atoms with Gasteiger partial charge in [0.1, 0.15) is 5.65 Å². The second-order valence-electron chi connectivity index (χ2n) is 4.41. The van der Waals surface area contributed by atoms with Crippen molar-refractivity contribution in [1.82, 2.24) is 14.7 Å². The number of nitrogens with one attached hydrogen (secondary N) is 1. The minimum atomic E-state index is -0.0458. The van der Waals surface area contributed by atoms with Gasteiger partial charge < -0.3 is 19.6 Å². The van der Waals surface area contributed by atoms with E-state index in [0.29, 0.717) is 19.8 Å². The van der Waals surface area contributed by atoms with E-state index in [0.717, 1.165) is 17.8 Å². The monoisotopic (exact) mass is 277 g/mol. The van der Waals surface area contributed by atoms with E-state index in [1.165, 1.54) is 0 Å². The molecule has 0 radical (unpaired) electrons. The molecule has 0 fully saturated rings. The van der Waals surface area contributed by atoms with Crippen molar-refractivity contribution in [2.75, 3.05) is 26.4 Å². The number of carbonyl (C=O) groups excluding carboxylic acids is 1. The first-order chi connectivity index (χ1) is 9.79. The molecule has 6 heteroatoms. The largest absolute Gasteiger partial charge is 0.394 e. The van der Waals surface area contributed by atoms with E-state index >= 15 is 0 Å². The van der Waals surface area contributed by atoms with Crippen LogP contribution in [0.2, 0.25) is 0 Å². The Morgan fingerprint density at radius 3 is 3.10 bits per heavy atom. The highest BCUT2D eigenvalue weighted by molar-refractivity contribution is 5.78. The molecule has 0 bridgehead atoms. The summed E-state index contributed by atoms with van der Waals surface area (Å²) in [5.41, 5.74) is 1.60. The summed E-state index contributed by atoms with van der Waals surface area (Å²) in [6.45, 7) is 1.47. The molecule has 2 aromatic rings. The van der Waals surface area contributed by atoms with E-state index in [2.05, 4.69) is 10.3 Å². The number of aliphatic hydroxyl groups excluding tert-OH is 1. The van der Waals surface area contributed by atoms with Gasteiger partial charge in [0.2, 0.25) is 5.91 Å². The molecular formula is C14H19N3O3. The lowest BCUT2D eigenvalue weighted by Gasteiger charge is -2.04.